The first-order valence-corrected chi connectivity index (χ1v) is 14.8. The Morgan fingerprint density at radius 3 is 2.08 bits per heavy atom. The van der Waals surface area contributed by atoms with E-state index in [0.29, 0.717) is 0 Å². The summed E-state index contributed by atoms with van der Waals surface area (Å²) >= 11 is 0. The standard InChI is InChI=1S/C33H36O16/c1-43-21-6-14(4-5-17(21)37)31(49-33-30(42)29(41)28(40)25(12-34)48-33)26(13-35)47-32-23(44-2)7-15(8-24(32)45-3)20-11-19(39)27-18(38)9-16(36)10-22(27)46-20/h4-11,25-26,28-31,33-38,40-42H,12-13H2,1-3H3/t25?,26-,28+,29-,30?,31?,33-/m0/s1. The summed E-state index contributed by atoms with van der Waals surface area (Å²) in [7, 11) is 3.95. The molecular formula is C33H36O16. The number of hydrogen-bond donors (Lipinski definition) is 8. The smallest absolute Gasteiger partial charge is 0.204 e. The van der Waals surface area contributed by atoms with Gasteiger partial charge in [-0.15, -0.1) is 0 Å². The molecule has 264 valence electrons. The van der Waals surface area contributed by atoms with Crippen molar-refractivity contribution in [2.75, 3.05) is 34.5 Å². The zero-order valence-electron chi connectivity index (χ0n) is 26.4. The highest BCUT2D eigenvalue weighted by atomic mass is 16.7. The van der Waals surface area contributed by atoms with Crippen molar-refractivity contribution >= 4 is 11.0 Å². The Hall–Kier alpha value is -4.81. The fourth-order valence-corrected chi connectivity index (χ4v) is 5.46. The Morgan fingerprint density at radius 2 is 1.47 bits per heavy atom. The van der Waals surface area contributed by atoms with Crippen molar-refractivity contribution in [1.82, 2.24) is 0 Å². The third-order valence-electron chi connectivity index (χ3n) is 7.99. The molecule has 3 aromatic carbocycles. The highest BCUT2D eigenvalue weighted by molar-refractivity contribution is 5.86. The third-order valence-corrected chi connectivity index (χ3v) is 7.99. The number of hydrogen-bond acceptors (Lipinski definition) is 16. The van der Waals surface area contributed by atoms with Gasteiger partial charge in [0.2, 0.25) is 5.75 Å². The van der Waals surface area contributed by atoms with Crippen LogP contribution in [0.3, 0.4) is 0 Å². The monoisotopic (exact) mass is 688 g/mol. The van der Waals surface area contributed by atoms with E-state index in [0.717, 1.165) is 12.1 Å². The molecular weight excluding hydrogens is 652 g/mol. The van der Waals surface area contributed by atoms with Crippen molar-refractivity contribution in [3.05, 3.63) is 64.3 Å². The van der Waals surface area contributed by atoms with Gasteiger partial charge >= 0.3 is 0 Å². The van der Waals surface area contributed by atoms with Crippen molar-refractivity contribution in [3.8, 4) is 51.6 Å². The maximum Gasteiger partial charge on any atom is 0.204 e. The van der Waals surface area contributed by atoms with Crippen LogP contribution in [-0.4, -0.2) is 112 Å². The van der Waals surface area contributed by atoms with E-state index in [9.17, 15) is 45.6 Å². The zero-order chi connectivity index (χ0) is 35.6. The van der Waals surface area contributed by atoms with E-state index in [4.69, 9.17) is 32.8 Å². The van der Waals surface area contributed by atoms with Crippen LogP contribution in [0.25, 0.3) is 22.3 Å². The molecule has 16 heteroatoms. The Balaban J connectivity index is 1.56. The Kier molecular flexibility index (Phi) is 10.7. The van der Waals surface area contributed by atoms with Crippen LogP contribution >= 0.6 is 0 Å². The number of aliphatic hydroxyl groups excluding tert-OH is 5. The molecule has 1 aliphatic rings. The van der Waals surface area contributed by atoms with Crippen molar-refractivity contribution < 1.29 is 73.7 Å². The molecule has 4 aromatic rings. The summed E-state index contributed by atoms with van der Waals surface area (Å²) in [4.78, 5) is 12.9. The van der Waals surface area contributed by atoms with E-state index in [1.165, 1.54) is 57.7 Å². The minimum absolute atomic E-state index is 0.0179. The molecule has 1 saturated heterocycles. The molecule has 0 amide bonds. The molecule has 2 heterocycles. The highest BCUT2D eigenvalue weighted by Gasteiger charge is 2.46. The zero-order valence-corrected chi connectivity index (χ0v) is 26.4. The first-order chi connectivity index (χ1) is 23.4. The lowest BCUT2D eigenvalue weighted by Crippen LogP contribution is -2.59. The van der Waals surface area contributed by atoms with E-state index in [1.807, 2.05) is 0 Å². The minimum Gasteiger partial charge on any atom is -0.508 e. The summed E-state index contributed by atoms with van der Waals surface area (Å²) in [6.45, 7) is -1.46. The summed E-state index contributed by atoms with van der Waals surface area (Å²) in [5.74, 6) is -0.960. The first kappa shape index (κ1) is 35.5. The summed E-state index contributed by atoms with van der Waals surface area (Å²) < 4.78 is 40.1. The van der Waals surface area contributed by atoms with E-state index in [1.54, 1.807) is 0 Å². The fourth-order valence-electron chi connectivity index (χ4n) is 5.46. The Labute approximate surface area is 278 Å². The summed E-state index contributed by atoms with van der Waals surface area (Å²) in [5, 5.41) is 81.8. The van der Waals surface area contributed by atoms with Crippen LogP contribution < -0.4 is 24.4 Å². The van der Waals surface area contributed by atoms with Gasteiger partial charge in [-0.05, 0) is 29.8 Å². The van der Waals surface area contributed by atoms with Crippen LogP contribution in [0.15, 0.2) is 57.7 Å². The lowest BCUT2D eigenvalue weighted by Gasteiger charge is -2.41. The van der Waals surface area contributed by atoms with Gasteiger partial charge in [-0.25, -0.2) is 0 Å². The van der Waals surface area contributed by atoms with E-state index >= 15 is 0 Å². The lowest BCUT2D eigenvalue weighted by molar-refractivity contribution is -0.318. The van der Waals surface area contributed by atoms with Gasteiger partial charge in [0.1, 0.15) is 58.7 Å². The van der Waals surface area contributed by atoms with Gasteiger partial charge in [0.05, 0.1) is 34.5 Å². The van der Waals surface area contributed by atoms with Gasteiger partial charge in [0.15, 0.2) is 40.8 Å². The molecule has 0 saturated carbocycles. The number of phenolic OH excluding ortho intramolecular Hbond substituents is 3. The predicted molar refractivity (Wildman–Crippen MR) is 168 cm³/mol. The van der Waals surface area contributed by atoms with E-state index in [2.05, 4.69) is 0 Å². The number of benzene rings is 3. The van der Waals surface area contributed by atoms with E-state index < -0.39 is 67.3 Å². The van der Waals surface area contributed by atoms with Gasteiger partial charge < -0.3 is 73.7 Å². The number of ether oxygens (including phenoxy) is 6. The predicted octanol–water partition coefficient (Wildman–Crippen LogP) is 0.900. The second-order valence-corrected chi connectivity index (χ2v) is 11.0. The van der Waals surface area contributed by atoms with Crippen molar-refractivity contribution in [2.45, 2.75) is 42.9 Å². The van der Waals surface area contributed by atoms with Crippen molar-refractivity contribution in [1.29, 1.82) is 0 Å². The molecule has 5 rings (SSSR count). The van der Waals surface area contributed by atoms with Crippen LogP contribution in [0.2, 0.25) is 0 Å². The molecule has 0 bridgehead atoms. The van der Waals surface area contributed by atoms with Crippen LogP contribution in [0, 0.1) is 0 Å². The SMILES string of the molecule is COc1cc(C(O[C@@H]2OC(CO)[C@@H](O)[C@H](O)C2O)[C@H](CO)Oc2c(OC)cc(-c3cc(=O)c4c(O)cc(O)cc4o3)cc2OC)ccc1O. The molecule has 16 nitrogen and oxygen atoms in total. The van der Waals surface area contributed by atoms with Crippen molar-refractivity contribution in [2.24, 2.45) is 0 Å². The molecule has 8 N–H and O–H groups in total. The van der Waals surface area contributed by atoms with Gasteiger partial charge in [0, 0.05) is 23.8 Å². The van der Waals surface area contributed by atoms with Crippen LogP contribution in [0.1, 0.15) is 11.7 Å². The number of methoxy groups -OCH3 is 3. The molecule has 1 fully saturated rings. The lowest BCUT2D eigenvalue weighted by atomic mass is 9.98. The van der Waals surface area contributed by atoms with Gasteiger partial charge in [0.25, 0.3) is 0 Å². The molecule has 1 aliphatic heterocycles. The van der Waals surface area contributed by atoms with Gasteiger partial charge in [-0.3, -0.25) is 4.79 Å². The molecule has 7 atom stereocenters. The third kappa shape index (κ3) is 7.02. The molecule has 49 heavy (non-hydrogen) atoms. The van der Waals surface area contributed by atoms with Crippen molar-refractivity contribution in [3.63, 3.8) is 0 Å². The maximum absolute atomic E-state index is 12.9. The molecule has 0 spiro atoms. The summed E-state index contributed by atoms with van der Waals surface area (Å²) in [6.07, 6.45) is -10.9. The number of phenols is 3. The molecule has 3 unspecified atom stereocenters. The number of fused-ring (bicyclic) bond motifs is 1. The van der Waals surface area contributed by atoms with Crippen LogP contribution in [0.5, 0.6) is 40.2 Å². The number of aliphatic hydroxyl groups is 5. The van der Waals surface area contributed by atoms with Crippen LogP contribution in [-0.2, 0) is 9.47 Å². The molecule has 0 aliphatic carbocycles. The minimum atomic E-state index is -1.80. The normalized spacial score (nSPS) is 22.0. The van der Waals surface area contributed by atoms with E-state index in [-0.39, 0.29) is 62.4 Å². The fraction of sp³-hybridized carbons (Fsp3) is 0.364. The summed E-state index contributed by atoms with van der Waals surface area (Å²) in [6, 6.07) is 10.3. The average molecular weight is 689 g/mol. The summed E-state index contributed by atoms with van der Waals surface area (Å²) in [5.41, 5.74) is -0.175. The molecule has 0 radical (unpaired) electrons. The van der Waals surface area contributed by atoms with Gasteiger partial charge in [-0.2, -0.15) is 0 Å². The number of aromatic hydroxyl groups is 3. The van der Waals surface area contributed by atoms with Gasteiger partial charge in [-0.1, -0.05) is 6.07 Å². The second kappa shape index (κ2) is 14.8. The average Bonchev–Trinajstić information content (AvgIpc) is 3.09. The Bertz CT molecular complexity index is 1810. The Morgan fingerprint density at radius 1 is 0.796 bits per heavy atom. The highest BCUT2D eigenvalue weighted by Crippen LogP contribution is 2.44. The number of rotatable bonds is 12. The quantitative estimate of drug-likeness (QED) is 0.103. The molecule has 1 aromatic heterocycles. The van der Waals surface area contributed by atoms with Crippen LogP contribution in [0.4, 0.5) is 0 Å². The largest absolute Gasteiger partial charge is 0.508 e. The maximum atomic E-state index is 12.9. The topological polar surface area (TPSA) is 247 Å². The second-order valence-electron chi connectivity index (χ2n) is 11.0. The first-order valence-electron chi connectivity index (χ1n) is 14.8.